The summed E-state index contributed by atoms with van der Waals surface area (Å²) in [6, 6.07) is 6.39. The summed E-state index contributed by atoms with van der Waals surface area (Å²) in [5, 5.41) is 13.2. The van der Waals surface area contributed by atoms with Crippen LogP contribution in [0.25, 0.3) is 11.2 Å². The van der Waals surface area contributed by atoms with Crippen molar-refractivity contribution in [2.75, 3.05) is 18.0 Å². The van der Waals surface area contributed by atoms with Crippen LogP contribution in [0.15, 0.2) is 40.2 Å². The molecule has 2 aliphatic rings. The lowest BCUT2D eigenvalue weighted by atomic mass is 10.1. The van der Waals surface area contributed by atoms with Gasteiger partial charge in [-0.05, 0) is 30.0 Å². The molecule has 0 bridgehead atoms. The van der Waals surface area contributed by atoms with Crippen molar-refractivity contribution >= 4 is 16.9 Å². The fraction of sp³-hybridized carbons (Fsp3) is 0.333. The highest BCUT2D eigenvalue weighted by molar-refractivity contribution is 5.68. The SMILES string of the molecule is Cn1cnc2ncn(Cc3nc(C4[C@H]5CN(c6cc(F)cc(C#N)c6)C[C@@H]45)no3)c(=O)c21. The first-order chi connectivity index (χ1) is 15.5. The van der Waals surface area contributed by atoms with Crippen LogP contribution in [0.2, 0.25) is 0 Å². The second-order valence-electron chi connectivity index (χ2n) is 8.32. The Kier molecular flexibility index (Phi) is 3.92. The maximum Gasteiger partial charge on any atom is 0.280 e. The van der Waals surface area contributed by atoms with Crippen molar-refractivity contribution in [3.05, 3.63) is 64.3 Å². The number of benzene rings is 1. The van der Waals surface area contributed by atoms with Gasteiger partial charge in [0.15, 0.2) is 17.0 Å². The summed E-state index contributed by atoms with van der Waals surface area (Å²) < 4.78 is 22.2. The Morgan fingerprint density at radius 1 is 1.22 bits per heavy atom. The third kappa shape index (κ3) is 2.87. The lowest BCUT2D eigenvalue weighted by Crippen LogP contribution is -2.24. The number of hydrogen-bond donors (Lipinski definition) is 0. The number of hydrogen-bond acceptors (Lipinski definition) is 8. The molecule has 2 fully saturated rings. The Bertz CT molecular complexity index is 1450. The van der Waals surface area contributed by atoms with Crippen LogP contribution in [0.1, 0.15) is 23.2 Å². The largest absolute Gasteiger partial charge is 0.371 e. The number of halogens is 1. The molecule has 1 unspecified atom stereocenters. The van der Waals surface area contributed by atoms with Crippen molar-refractivity contribution in [2.24, 2.45) is 18.9 Å². The zero-order valence-corrected chi connectivity index (χ0v) is 17.0. The van der Waals surface area contributed by atoms with Crippen LogP contribution in [-0.2, 0) is 13.6 Å². The molecule has 3 aromatic heterocycles. The molecule has 32 heavy (non-hydrogen) atoms. The fourth-order valence-electron chi connectivity index (χ4n) is 4.74. The van der Waals surface area contributed by atoms with E-state index in [4.69, 9.17) is 9.78 Å². The summed E-state index contributed by atoms with van der Waals surface area (Å²) in [5.41, 5.74) is 1.63. The lowest BCUT2D eigenvalue weighted by molar-refractivity contribution is 0.363. The summed E-state index contributed by atoms with van der Waals surface area (Å²) >= 11 is 0. The molecule has 6 rings (SSSR count). The zero-order chi connectivity index (χ0) is 22.0. The molecule has 4 aromatic rings. The first kappa shape index (κ1) is 18.7. The Balaban J connectivity index is 1.16. The molecular formula is C21H17FN8O2. The van der Waals surface area contributed by atoms with Gasteiger partial charge in [-0.1, -0.05) is 5.16 Å². The van der Waals surface area contributed by atoms with Crippen LogP contribution in [0.3, 0.4) is 0 Å². The molecule has 4 heterocycles. The highest BCUT2D eigenvalue weighted by Crippen LogP contribution is 2.57. The number of aryl methyl sites for hydroxylation is 1. The van der Waals surface area contributed by atoms with Crippen molar-refractivity contribution < 1.29 is 8.91 Å². The van der Waals surface area contributed by atoms with E-state index >= 15 is 0 Å². The van der Waals surface area contributed by atoms with E-state index in [0.717, 1.165) is 18.8 Å². The summed E-state index contributed by atoms with van der Waals surface area (Å²) in [6.45, 7) is 1.62. The second-order valence-corrected chi connectivity index (χ2v) is 8.32. The first-order valence-electron chi connectivity index (χ1n) is 10.2. The van der Waals surface area contributed by atoms with E-state index in [2.05, 4.69) is 25.0 Å². The molecule has 0 amide bonds. The molecule has 1 aliphatic heterocycles. The van der Waals surface area contributed by atoms with Gasteiger partial charge in [0, 0.05) is 31.7 Å². The van der Waals surface area contributed by atoms with E-state index < -0.39 is 5.82 Å². The van der Waals surface area contributed by atoms with E-state index in [1.807, 2.05) is 6.07 Å². The molecular weight excluding hydrogens is 415 g/mol. The topological polar surface area (TPSA) is 119 Å². The maximum atomic E-state index is 13.8. The molecule has 1 aromatic carbocycles. The average Bonchev–Trinajstić information content (AvgIpc) is 3.20. The Labute approximate surface area is 180 Å². The van der Waals surface area contributed by atoms with Crippen molar-refractivity contribution in [2.45, 2.75) is 12.5 Å². The smallest absolute Gasteiger partial charge is 0.280 e. The van der Waals surface area contributed by atoms with Crippen molar-refractivity contribution in [3.8, 4) is 6.07 Å². The molecule has 0 spiro atoms. The normalized spacial score (nSPS) is 21.7. The number of nitrogens with zero attached hydrogens (tertiary/aromatic N) is 8. The van der Waals surface area contributed by atoms with E-state index in [1.165, 1.54) is 23.0 Å². The average molecular weight is 432 g/mol. The van der Waals surface area contributed by atoms with Crippen LogP contribution in [0.4, 0.5) is 10.1 Å². The van der Waals surface area contributed by atoms with Crippen LogP contribution in [0, 0.1) is 29.0 Å². The first-order valence-corrected chi connectivity index (χ1v) is 10.2. The van der Waals surface area contributed by atoms with Gasteiger partial charge in [0.05, 0.1) is 18.0 Å². The van der Waals surface area contributed by atoms with Gasteiger partial charge in [-0.25, -0.2) is 14.4 Å². The fourth-order valence-corrected chi connectivity index (χ4v) is 4.74. The monoisotopic (exact) mass is 432 g/mol. The molecule has 10 nitrogen and oxygen atoms in total. The molecule has 3 atom stereocenters. The molecule has 160 valence electrons. The maximum absolute atomic E-state index is 13.8. The number of fused-ring (bicyclic) bond motifs is 2. The number of anilines is 1. The highest BCUT2D eigenvalue weighted by atomic mass is 19.1. The number of nitriles is 1. The second kappa shape index (κ2) is 6.71. The summed E-state index contributed by atoms with van der Waals surface area (Å²) in [5.74, 6) is 1.45. The van der Waals surface area contributed by atoms with E-state index in [1.54, 1.807) is 24.0 Å². The Morgan fingerprint density at radius 3 is 2.78 bits per heavy atom. The van der Waals surface area contributed by atoms with Gasteiger partial charge in [-0.15, -0.1) is 0 Å². The van der Waals surface area contributed by atoms with E-state index in [-0.39, 0.29) is 18.0 Å². The van der Waals surface area contributed by atoms with Crippen LogP contribution in [0.5, 0.6) is 0 Å². The van der Waals surface area contributed by atoms with Gasteiger partial charge in [-0.2, -0.15) is 10.2 Å². The summed E-state index contributed by atoms with van der Waals surface area (Å²) in [7, 11) is 1.74. The minimum absolute atomic E-state index is 0.133. The zero-order valence-electron chi connectivity index (χ0n) is 17.0. The van der Waals surface area contributed by atoms with Gasteiger partial charge in [0.2, 0.25) is 5.89 Å². The number of imidazole rings is 1. The summed E-state index contributed by atoms with van der Waals surface area (Å²) in [4.78, 5) is 27.6. The third-order valence-electron chi connectivity index (χ3n) is 6.36. The highest BCUT2D eigenvalue weighted by Gasteiger charge is 2.58. The summed E-state index contributed by atoms with van der Waals surface area (Å²) in [6.07, 6.45) is 2.98. The van der Waals surface area contributed by atoms with Crippen molar-refractivity contribution in [1.82, 2.24) is 29.2 Å². The van der Waals surface area contributed by atoms with E-state index in [9.17, 15) is 9.18 Å². The van der Waals surface area contributed by atoms with Crippen LogP contribution < -0.4 is 10.5 Å². The number of aromatic nitrogens is 6. The van der Waals surface area contributed by atoms with Crippen molar-refractivity contribution in [1.29, 1.82) is 5.26 Å². The molecule has 0 N–H and O–H groups in total. The van der Waals surface area contributed by atoms with Gasteiger partial charge >= 0.3 is 0 Å². The van der Waals surface area contributed by atoms with Gasteiger partial charge in [0.1, 0.15) is 18.7 Å². The van der Waals surface area contributed by atoms with Gasteiger partial charge in [-0.3, -0.25) is 9.36 Å². The van der Waals surface area contributed by atoms with Gasteiger partial charge < -0.3 is 14.0 Å². The molecule has 1 aliphatic carbocycles. The lowest BCUT2D eigenvalue weighted by Gasteiger charge is -2.21. The molecule has 1 saturated carbocycles. The van der Waals surface area contributed by atoms with Crippen molar-refractivity contribution in [3.63, 3.8) is 0 Å². The number of piperidine rings is 1. The standard InChI is InChI=1S/C21H17FN8O2/c1-28-9-24-20-18(28)21(31)30(10-25-20)8-16-26-19(27-32-16)17-14-6-29(7-15(14)17)13-3-11(5-23)2-12(22)4-13/h2-4,9-10,14-15,17H,6-8H2,1H3/t14-,15+,17?. The molecule has 0 radical (unpaired) electrons. The number of rotatable bonds is 4. The van der Waals surface area contributed by atoms with Gasteiger partial charge in [0.25, 0.3) is 5.56 Å². The van der Waals surface area contributed by atoms with Crippen LogP contribution in [-0.4, -0.2) is 42.3 Å². The van der Waals surface area contributed by atoms with E-state index in [0.29, 0.717) is 40.3 Å². The predicted molar refractivity (Wildman–Crippen MR) is 109 cm³/mol. The quantitative estimate of drug-likeness (QED) is 0.475. The minimum atomic E-state index is -0.409. The van der Waals surface area contributed by atoms with Crippen LogP contribution >= 0.6 is 0 Å². The molecule has 1 saturated heterocycles. The minimum Gasteiger partial charge on any atom is -0.371 e. The Hall–Kier alpha value is -4.07. The Morgan fingerprint density at radius 2 is 2.00 bits per heavy atom. The molecule has 11 heteroatoms. The third-order valence-corrected chi connectivity index (χ3v) is 6.36. The predicted octanol–water partition coefficient (Wildman–Crippen LogP) is 1.42.